The van der Waals surface area contributed by atoms with E-state index in [1.807, 2.05) is 6.07 Å². The Kier molecular flexibility index (Phi) is 6.11. The maximum atomic E-state index is 13.5. The summed E-state index contributed by atoms with van der Waals surface area (Å²) in [5, 5.41) is 23.4. The number of anilines is 1. The first-order valence-corrected chi connectivity index (χ1v) is 7.17. The molecule has 7 heteroatoms. The number of aliphatic hydroxyl groups is 1. The second-order valence-electron chi connectivity index (χ2n) is 4.84. The van der Waals surface area contributed by atoms with Crippen LogP contribution >= 0.6 is 0 Å². The average molecular weight is 329 g/mol. The Morgan fingerprint density at radius 2 is 1.96 bits per heavy atom. The third-order valence-corrected chi connectivity index (χ3v) is 3.14. The molecule has 0 saturated carbocycles. The number of nitrogens with one attached hydrogen (secondary N) is 2. The van der Waals surface area contributed by atoms with Crippen molar-refractivity contribution in [2.75, 3.05) is 18.5 Å². The summed E-state index contributed by atoms with van der Waals surface area (Å²) in [6.07, 6.45) is -1.14. The van der Waals surface area contributed by atoms with Crippen LogP contribution in [0.25, 0.3) is 0 Å². The first kappa shape index (κ1) is 17.2. The van der Waals surface area contributed by atoms with Gasteiger partial charge in [-0.2, -0.15) is 5.26 Å². The fourth-order valence-electron chi connectivity index (χ4n) is 1.97. The van der Waals surface area contributed by atoms with Crippen LogP contribution in [0.1, 0.15) is 11.7 Å². The highest BCUT2D eigenvalue weighted by Crippen LogP contribution is 2.17. The molecule has 0 aromatic heterocycles. The van der Waals surface area contributed by atoms with Crippen molar-refractivity contribution in [3.63, 3.8) is 0 Å². The maximum absolute atomic E-state index is 13.5. The van der Waals surface area contributed by atoms with Crippen molar-refractivity contribution in [2.24, 2.45) is 0 Å². The van der Waals surface area contributed by atoms with E-state index in [1.54, 1.807) is 30.3 Å². The van der Waals surface area contributed by atoms with Crippen molar-refractivity contribution in [3.8, 4) is 11.8 Å². The van der Waals surface area contributed by atoms with Crippen molar-refractivity contribution >= 4 is 11.7 Å². The van der Waals surface area contributed by atoms with Crippen LogP contribution < -0.4 is 15.4 Å². The van der Waals surface area contributed by atoms with Gasteiger partial charge in [-0.15, -0.1) is 0 Å². The summed E-state index contributed by atoms with van der Waals surface area (Å²) in [7, 11) is 0. The molecule has 3 N–H and O–H groups in total. The molecule has 0 aliphatic rings. The molecule has 0 aliphatic heterocycles. The number of ether oxygens (including phenoxy) is 1. The number of nitriles is 1. The lowest BCUT2D eigenvalue weighted by molar-refractivity contribution is 0.170. The number of carbonyl (C=O) groups is 1. The minimum atomic E-state index is -1.14. The molecule has 0 aliphatic carbocycles. The van der Waals surface area contributed by atoms with Gasteiger partial charge < -0.3 is 20.5 Å². The average Bonchev–Trinajstić information content (AvgIpc) is 2.59. The van der Waals surface area contributed by atoms with E-state index in [2.05, 4.69) is 10.6 Å². The van der Waals surface area contributed by atoms with Gasteiger partial charge in [0.1, 0.15) is 17.6 Å². The summed E-state index contributed by atoms with van der Waals surface area (Å²) in [6.45, 7) is -0.183. The molecule has 0 radical (unpaired) electrons. The molecule has 0 fully saturated rings. The summed E-state index contributed by atoms with van der Waals surface area (Å²) in [5.41, 5.74) is 0.633. The van der Waals surface area contributed by atoms with E-state index in [-0.39, 0.29) is 18.7 Å². The monoisotopic (exact) mass is 329 g/mol. The van der Waals surface area contributed by atoms with E-state index in [0.717, 1.165) is 0 Å². The van der Waals surface area contributed by atoms with Gasteiger partial charge in [0.05, 0.1) is 6.10 Å². The zero-order valence-electron chi connectivity index (χ0n) is 12.7. The molecule has 0 bridgehead atoms. The highest BCUT2D eigenvalue weighted by Gasteiger charge is 2.13. The van der Waals surface area contributed by atoms with Gasteiger partial charge in [0, 0.05) is 17.8 Å². The predicted molar refractivity (Wildman–Crippen MR) is 85.9 cm³/mol. The van der Waals surface area contributed by atoms with E-state index in [4.69, 9.17) is 10.00 Å². The lowest BCUT2D eigenvalue weighted by atomic mass is 10.1. The van der Waals surface area contributed by atoms with Crippen LogP contribution in [0.15, 0.2) is 48.5 Å². The Labute approximate surface area is 138 Å². The van der Waals surface area contributed by atoms with E-state index in [0.29, 0.717) is 11.4 Å². The van der Waals surface area contributed by atoms with E-state index in [9.17, 15) is 14.3 Å². The largest absolute Gasteiger partial charge is 0.479 e. The Morgan fingerprint density at radius 1 is 1.25 bits per heavy atom. The second-order valence-corrected chi connectivity index (χ2v) is 4.84. The van der Waals surface area contributed by atoms with Gasteiger partial charge in [-0.1, -0.05) is 18.2 Å². The number of amides is 2. The third-order valence-electron chi connectivity index (χ3n) is 3.14. The van der Waals surface area contributed by atoms with Crippen molar-refractivity contribution in [3.05, 3.63) is 59.9 Å². The highest BCUT2D eigenvalue weighted by molar-refractivity contribution is 5.89. The normalized spacial score (nSPS) is 11.2. The number of halogens is 1. The number of hydrogen-bond acceptors (Lipinski definition) is 4. The topological polar surface area (TPSA) is 94.4 Å². The molecule has 2 aromatic rings. The zero-order chi connectivity index (χ0) is 17.4. The Hall–Kier alpha value is -3.11. The molecule has 1 atom stereocenters. The lowest BCUT2D eigenvalue weighted by Crippen LogP contribution is -2.32. The summed E-state index contributed by atoms with van der Waals surface area (Å²) >= 11 is 0. The number of hydrogen-bond donors (Lipinski definition) is 3. The molecule has 0 saturated heterocycles. The molecule has 2 aromatic carbocycles. The molecular weight excluding hydrogens is 313 g/mol. The van der Waals surface area contributed by atoms with Crippen LogP contribution in [0, 0.1) is 17.1 Å². The first-order chi connectivity index (χ1) is 11.6. The lowest BCUT2D eigenvalue weighted by Gasteiger charge is -2.13. The number of carbonyl (C=O) groups excluding carboxylic acids is 1. The Balaban J connectivity index is 1.83. The van der Waals surface area contributed by atoms with Crippen molar-refractivity contribution in [1.29, 1.82) is 5.26 Å². The van der Waals surface area contributed by atoms with Crippen LogP contribution in [-0.4, -0.2) is 24.3 Å². The minimum absolute atomic E-state index is 0.0544. The summed E-state index contributed by atoms with van der Waals surface area (Å²) in [6, 6.07) is 13.6. The molecule has 0 spiro atoms. The van der Waals surface area contributed by atoms with E-state index >= 15 is 0 Å². The van der Waals surface area contributed by atoms with Crippen molar-refractivity contribution < 1.29 is 19.0 Å². The summed E-state index contributed by atoms with van der Waals surface area (Å²) in [4.78, 5) is 11.8. The van der Waals surface area contributed by atoms with Crippen LogP contribution in [0.3, 0.4) is 0 Å². The van der Waals surface area contributed by atoms with Crippen LogP contribution in [-0.2, 0) is 0 Å². The van der Waals surface area contributed by atoms with Gasteiger partial charge >= 0.3 is 6.03 Å². The standard InChI is InChI=1S/C17H16FN3O3/c18-15-4-2-1-3-14(15)16(22)11-20-17(23)21-12-5-7-13(8-6-12)24-10-9-19/h1-8,16,22H,10-11H2,(H2,20,21,23). The van der Waals surface area contributed by atoms with E-state index in [1.165, 1.54) is 18.2 Å². The number of aliphatic hydroxyl groups excluding tert-OH is 1. The van der Waals surface area contributed by atoms with Crippen molar-refractivity contribution in [2.45, 2.75) is 6.10 Å². The van der Waals surface area contributed by atoms with Gasteiger partial charge in [-0.05, 0) is 30.3 Å². The van der Waals surface area contributed by atoms with Gasteiger partial charge in [0.25, 0.3) is 0 Å². The molecule has 24 heavy (non-hydrogen) atoms. The second kappa shape index (κ2) is 8.50. The van der Waals surface area contributed by atoms with Gasteiger partial charge in [0.15, 0.2) is 6.61 Å². The predicted octanol–water partition coefficient (Wildman–Crippen LogP) is 2.58. The zero-order valence-corrected chi connectivity index (χ0v) is 12.7. The van der Waals surface area contributed by atoms with Crippen LogP contribution in [0.4, 0.5) is 14.9 Å². The number of urea groups is 1. The van der Waals surface area contributed by atoms with Crippen LogP contribution in [0.5, 0.6) is 5.75 Å². The van der Waals surface area contributed by atoms with Gasteiger partial charge in [0.2, 0.25) is 0 Å². The first-order valence-electron chi connectivity index (χ1n) is 7.17. The van der Waals surface area contributed by atoms with E-state index < -0.39 is 18.0 Å². The Bertz CT molecular complexity index is 729. The molecule has 2 rings (SSSR count). The summed E-state index contributed by atoms with van der Waals surface area (Å²) in [5.74, 6) is -0.0161. The SMILES string of the molecule is N#CCOc1ccc(NC(=O)NCC(O)c2ccccc2F)cc1. The smallest absolute Gasteiger partial charge is 0.319 e. The minimum Gasteiger partial charge on any atom is -0.479 e. The quantitative estimate of drug-likeness (QED) is 0.759. The molecule has 1 unspecified atom stereocenters. The van der Waals surface area contributed by atoms with Crippen molar-refractivity contribution in [1.82, 2.24) is 5.32 Å². The fourth-order valence-corrected chi connectivity index (χ4v) is 1.97. The molecule has 2 amide bonds. The van der Waals surface area contributed by atoms with Gasteiger partial charge in [-0.25, -0.2) is 9.18 Å². The van der Waals surface area contributed by atoms with Crippen LogP contribution in [0.2, 0.25) is 0 Å². The number of benzene rings is 2. The van der Waals surface area contributed by atoms with Gasteiger partial charge in [-0.3, -0.25) is 0 Å². The number of rotatable bonds is 6. The molecule has 0 heterocycles. The summed E-state index contributed by atoms with van der Waals surface area (Å²) < 4.78 is 18.6. The molecular formula is C17H16FN3O3. The highest BCUT2D eigenvalue weighted by atomic mass is 19.1. The fraction of sp³-hybridized carbons (Fsp3) is 0.176. The Morgan fingerprint density at radius 3 is 2.62 bits per heavy atom. The maximum Gasteiger partial charge on any atom is 0.319 e. The molecule has 124 valence electrons. The third kappa shape index (κ3) is 4.97. The molecule has 6 nitrogen and oxygen atoms in total. The number of nitrogens with zero attached hydrogens (tertiary/aromatic N) is 1.